The molecule has 0 saturated carbocycles. The molecule has 0 fully saturated rings. The highest BCUT2D eigenvalue weighted by molar-refractivity contribution is 9.10. The van der Waals surface area contributed by atoms with Gasteiger partial charge in [-0.1, -0.05) is 15.9 Å². The largest absolute Gasteiger partial charge is 0.492 e. The number of rotatable bonds is 6. The molecule has 0 heterocycles. The van der Waals surface area contributed by atoms with E-state index in [1.807, 2.05) is 18.2 Å². The van der Waals surface area contributed by atoms with Gasteiger partial charge in [0, 0.05) is 10.7 Å². The van der Waals surface area contributed by atoms with Gasteiger partial charge in [-0.25, -0.2) is 8.42 Å². The van der Waals surface area contributed by atoms with Gasteiger partial charge in [0.1, 0.15) is 12.4 Å². The molecule has 0 aliphatic carbocycles. The van der Waals surface area contributed by atoms with Gasteiger partial charge in [-0.15, -0.1) is 0 Å². The SMILES string of the molecule is CS(=O)(=O)CCOc1ccc(Br)cc1CCN. The molecule has 4 nitrogen and oxygen atoms in total. The van der Waals surface area contributed by atoms with Crippen LogP contribution in [0.15, 0.2) is 22.7 Å². The van der Waals surface area contributed by atoms with Crippen molar-refractivity contribution in [1.29, 1.82) is 0 Å². The fourth-order valence-corrected chi connectivity index (χ4v) is 2.14. The smallest absolute Gasteiger partial charge is 0.150 e. The predicted molar refractivity (Wildman–Crippen MR) is 72.1 cm³/mol. The van der Waals surface area contributed by atoms with E-state index in [0.29, 0.717) is 18.7 Å². The van der Waals surface area contributed by atoms with E-state index in [4.69, 9.17) is 10.5 Å². The summed E-state index contributed by atoms with van der Waals surface area (Å²) in [5.41, 5.74) is 6.49. The average molecular weight is 322 g/mol. The van der Waals surface area contributed by atoms with Gasteiger partial charge in [-0.2, -0.15) is 0 Å². The number of hydrogen-bond acceptors (Lipinski definition) is 4. The van der Waals surface area contributed by atoms with Crippen molar-refractivity contribution in [3.8, 4) is 5.75 Å². The third-order valence-corrected chi connectivity index (χ3v) is 3.55. The van der Waals surface area contributed by atoms with Crippen molar-refractivity contribution in [2.75, 3.05) is 25.2 Å². The van der Waals surface area contributed by atoms with Crippen LogP contribution in [0, 0.1) is 0 Å². The summed E-state index contributed by atoms with van der Waals surface area (Å²) in [6.45, 7) is 0.691. The van der Waals surface area contributed by atoms with Crippen LogP contribution in [-0.2, 0) is 16.3 Å². The highest BCUT2D eigenvalue weighted by Crippen LogP contribution is 2.23. The normalized spacial score (nSPS) is 11.5. The van der Waals surface area contributed by atoms with Crippen LogP contribution in [-0.4, -0.2) is 33.6 Å². The Balaban J connectivity index is 2.69. The van der Waals surface area contributed by atoms with Gasteiger partial charge in [-0.05, 0) is 36.7 Å². The van der Waals surface area contributed by atoms with E-state index in [0.717, 1.165) is 10.0 Å². The second kappa shape index (κ2) is 6.37. The molecule has 1 aromatic carbocycles. The second-order valence-corrected chi connectivity index (χ2v) is 6.94. The van der Waals surface area contributed by atoms with Gasteiger partial charge in [-0.3, -0.25) is 0 Å². The molecule has 0 aliphatic heterocycles. The number of halogens is 1. The van der Waals surface area contributed by atoms with Gasteiger partial charge in [0.05, 0.1) is 5.75 Å². The lowest BCUT2D eigenvalue weighted by Gasteiger charge is -2.11. The minimum Gasteiger partial charge on any atom is -0.492 e. The van der Waals surface area contributed by atoms with Crippen LogP contribution in [0.5, 0.6) is 5.75 Å². The van der Waals surface area contributed by atoms with Gasteiger partial charge in [0.25, 0.3) is 0 Å². The van der Waals surface area contributed by atoms with Crippen LogP contribution in [0.1, 0.15) is 5.56 Å². The van der Waals surface area contributed by atoms with Crippen molar-refractivity contribution in [3.05, 3.63) is 28.2 Å². The lowest BCUT2D eigenvalue weighted by molar-refractivity contribution is 0.337. The Kier molecular flexibility index (Phi) is 5.42. The van der Waals surface area contributed by atoms with Crippen LogP contribution in [0.2, 0.25) is 0 Å². The van der Waals surface area contributed by atoms with Crippen LogP contribution in [0.4, 0.5) is 0 Å². The minimum atomic E-state index is -2.99. The quantitative estimate of drug-likeness (QED) is 0.859. The third-order valence-electron chi connectivity index (χ3n) is 2.15. The first kappa shape index (κ1) is 14.5. The van der Waals surface area contributed by atoms with Gasteiger partial charge in [0.2, 0.25) is 0 Å². The Morgan fingerprint density at radius 3 is 2.71 bits per heavy atom. The van der Waals surface area contributed by atoms with Crippen molar-refractivity contribution in [2.45, 2.75) is 6.42 Å². The zero-order valence-corrected chi connectivity index (χ0v) is 12.1. The molecule has 6 heteroatoms. The lowest BCUT2D eigenvalue weighted by Crippen LogP contribution is -2.13. The van der Waals surface area contributed by atoms with E-state index in [-0.39, 0.29) is 12.4 Å². The summed E-state index contributed by atoms with van der Waals surface area (Å²) in [7, 11) is -2.99. The Morgan fingerprint density at radius 1 is 1.41 bits per heavy atom. The Hall–Kier alpha value is -0.590. The van der Waals surface area contributed by atoms with Crippen molar-refractivity contribution in [3.63, 3.8) is 0 Å². The van der Waals surface area contributed by atoms with Crippen LogP contribution in [0.3, 0.4) is 0 Å². The molecular formula is C11H16BrNO3S. The van der Waals surface area contributed by atoms with Gasteiger partial charge < -0.3 is 10.5 Å². The second-order valence-electron chi connectivity index (χ2n) is 3.77. The third kappa shape index (κ3) is 5.52. The maximum Gasteiger partial charge on any atom is 0.150 e. The first-order valence-electron chi connectivity index (χ1n) is 5.21. The van der Waals surface area contributed by atoms with Crippen LogP contribution < -0.4 is 10.5 Å². The van der Waals surface area contributed by atoms with Gasteiger partial charge >= 0.3 is 0 Å². The Labute approximate surface area is 110 Å². The molecule has 0 atom stereocenters. The predicted octanol–water partition coefficient (Wildman–Crippen LogP) is 1.37. The summed E-state index contributed by atoms with van der Waals surface area (Å²) in [6.07, 6.45) is 1.90. The summed E-state index contributed by atoms with van der Waals surface area (Å²) in [5.74, 6) is 0.716. The van der Waals surface area contributed by atoms with Crippen molar-refractivity contribution in [2.24, 2.45) is 5.73 Å². The average Bonchev–Trinajstić information content (AvgIpc) is 2.20. The number of sulfone groups is 1. The molecule has 0 unspecified atom stereocenters. The fourth-order valence-electron chi connectivity index (χ4n) is 1.34. The van der Waals surface area contributed by atoms with Gasteiger partial charge in [0.15, 0.2) is 9.84 Å². The first-order valence-corrected chi connectivity index (χ1v) is 8.07. The molecule has 0 saturated heterocycles. The summed E-state index contributed by atoms with van der Waals surface area (Å²) in [4.78, 5) is 0. The maximum absolute atomic E-state index is 11.0. The maximum atomic E-state index is 11.0. The molecule has 1 aromatic rings. The van der Waals surface area contributed by atoms with E-state index < -0.39 is 9.84 Å². The highest BCUT2D eigenvalue weighted by atomic mass is 79.9. The molecule has 96 valence electrons. The molecule has 1 rings (SSSR count). The molecule has 2 N–H and O–H groups in total. The number of hydrogen-bond donors (Lipinski definition) is 1. The standard InChI is InChI=1S/C11H16BrNO3S/c1-17(14,15)7-6-16-11-3-2-10(12)8-9(11)4-5-13/h2-3,8H,4-7,13H2,1H3. The molecule has 0 radical (unpaired) electrons. The Morgan fingerprint density at radius 2 is 2.12 bits per heavy atom. The molecule has 0 aliphatic rings. The van der Waals surface area contributed by atoms with Crippen LogP contribution in [0.25, 0.3) is 0 Å². The monoisotopic (exact) mass is 321 g/mol. The molecule has 0 bridgehead atoms. The molecule has 17 heavy (non-hydrogen) atoms. The summed E-state index contributed by atoms with van der Waals surface area (Å²) >= 11 is 3.37. The number of nitrogens with two attached hydrogens (primary N) is 1. The summed E-state index contributed by atoms with van der Waals surface area (Å²) in [6, 6.07) is 5.61. The van der Waals surface area contributed by atoms with Crippen molar-refractivity contribution >= 4 is 25.8 Å². The first-order chi connectivity index (χ1) is 7.92. The van der Waals surface area contributed by atoms with Crippen LogP contribution >= 0.6 is 15.9 Å². The summed E-state index contributed by atoms with van der Waals surface area (Å²) < 4.78 is 28.4. The fraction of sp³-hybridized carbons (Fsp3) is 0.455. The van der Waals surface area contributed by atoms with Crippen molar-refractivity contribution in [1.82, 2.24) is 0 Å². The summed E-state index contributed by atoms with van der Waals surface area (Å²) in [5, 5.41) is 0. The van der Waals surface area contributed by atoms with E-state index in [1.54, 1.807) is 0 Å². The van der Waals surface area contributed by atoms with E-state index >= 15 is 0 Å². The molecule has 0 amide bonds. The minimum absolute atomic E-state index is 0.0190. The van der Waals surface area contributed by atoms with Crippen molar-refractivity contribution < 1.29 is 13.2 Å². The topological polar surface area (TPSA) is 69.4 Å². The Bertz CT molecular complexity index is 474. The molecule has 0 spiro atoms. The highest BCUT2D eigenvalue weighted by Gasteiger charge is 2.06. The molecule has 0 aromatic heterocycles. The number of ether oxygens (including phenoxy) is 1. The zero-order chi connectivity index (χ0) is 12.9. The lowest BCUT2D eigenvalue weighted by atomic mass is 10.1. The van der Waals surface area contributed by atoms with E-state index in [2.05, 4.69) is 15.9 Å². The zero-order valence-electron chi connectivity index (χ0n) is 9.65. The van der Waals surface area contributed by atoms with E-state index in [9.17, 15) is 8.42 Å². The van der Waals surface area contributed by atoms with E-state index in [1.165, 1.54) is 6.26 Å². The number of benzene rings is 1. The molecular weight excluding hydrogens is 306 g/mol.